The Balaban J connectivity index is 1.14. The molecule has 1 aliphatic rings. The molecule has 7 nitrogen and oxygen atoms in total. The van der Waals surface area contributed by atoms with Crippen molar-refractivity contribution in [1.29, 1.82) is 0 Å². The maximum absolute atomic E-state index is 14.0. The summed E-state index contributed by atoms with van der Waals surface area (Å²) in [6.07, 6.45) is 1.38. The lowest BCUT2D eigenvalue weighted by molar-refractivity contribution is -0.121. The summed E-state index contributed by atoms with van der Waals surface area (Å²) in [6, 6.07) is 17.6. The Kier molecular flexibility index (Phi) is 8.21. The van der Waals surface area contributed by atoms with Gasteiger partial charge < -0.3 is 15.5 Å². The highest BCUT2D eigenvalue weighted by Gasteiger charge is 2.25. The molecule has 0 atom stereocenters. The Bertz CT molecular complexity index is 1500. The smallest absolute Gasteiger partial charge is 0.227 e. The third-order valence-electron chi connectivity index (χ3n) is 7.29. The minimum absolute atomic E-state index is 0.00236. The first-order valence-corrected chi connectivity index (χ1v) is 13.5. The highest BCUT2D eigenvalue weighted by atomic mass is 19.1. The van der Waals surface area contributed by atoms with Gasteiger partial charge in [0.25, 0.3) is 0 Å². The highest BCUT2D eigenvalue weighted by Crippen LogP contribution is 2.25. The van der Waals surface area contributed by atoms with Crippen molar-refractivity contribution in [1.82, 2.24) is 14.9 Å². The fourth-order valence-electron chi connectivity index (χ4n) is 4.94. The van der Waals surface area contributed by atoms with E-state index in [1.165, 1.54) is 12.1 Å². The van der Waals surface area contributed by atoms with E-state index in [1.807, 2.05) is 56.3 Å². The summed E-state index contributed by atoms with van der Waals surface area (Å²) >= 11 is 0. The number of nitrogens with one attached hydrogen (secondary N) is 2. The van der Waals surface area contributed by atoms with E-state index in [0.29, 0.717) is 50.5 Å². The molecule has 0 unspecified atom stereocenters. The molecule has 3 aromatic carbocycles. The molecule has 1 aliphatic heterocycles. The average Bonchev–Trinajstić information content (AvgIpc) is 2.94. The summed E-state index contributed by atoms with van der Waals surface area (Å²) in [5.41, 5.74) is 4.32. The molecule has 2 heterocycles. The molecule has 0 bridgehead atoms. The van der Waals surface area contributed by atoms with Gasteiger partial charge in [-0.1, -0.05) is 24.3 Å². The maximum Gasteiger partial charge on any atom is 0.227 e. The minimum Gasteiger partial charge on any atom is -0.365 e. The van der Waals surface area contributed by atoms with E-state index in [0.717, 1.165) is 39.6 Å². The van der Waals surface area contributed by atoms with Gasteiger partial charge in [0.2, 0.25) is 11.9 Å². The van der Waals surface area contributed by atoms with Crippen molar-refractivity contribution in [2.75, 3.05) is 42.7 Å². The van der Waals surface area contributed by atoms with E-state index >= 15 is 0 Å². The van der Waals surface area contributed by atoms with Crippen molar-refractivity contribution in [2.24, 2.45) is 5.92 Å². The lowest BCUT2D eigenvalue weighted by atomic mass is 9.95. The van der Waals surface area contributed by atoms with Crippen LogP contribution in [0.4, 0.5) is 26.2 Å². The second kappa shape index (κ2) is 12.0. The van der Waals surface area contributed by atoms with Crippen molar-refractivity contribution < 1.29 is 13.6 Å². The average molecular weight is 545 g/mol. The number of aromatic nitrogens is 2. The molecule has 9 heteroatoms. The van der Waals surface area contributed by atoms with Crippen LogP contribution in [0.2, 0.25) is 0 Å². The Hall–Kier alpha value is -4.11. The molecular weight excluding hydrogens is 510 g/mol. The summed E-state index contributed by atoms with van der Waals surface area (Å²) in [6.45, 7) is 4.41. The third-order valence-corrected chi connectivity index (χ3v) is 7.29. The molecule has 40 heavy (non-hydrogen) atoms. The van der Waals surface area contributed by atoms with Crippen LogP contribution in [0.25, 0.3) is 10.9 Å². The normalized spacial score (nSPS) is 14.3. The van der Waals surface area contributed by atoms with E-state index in [-0.39, 0.29) is 11.8 Å². The number of halogens is 2. The monoisotopic (exact) mass is 544 g/mol. The van der Waals surface area contributed by atoms with Crippen LogP contribution in [-0.4, -0.2) is 48.0 Å². The number of amides is 1. The van der Waals surface area contributed by atoms with E-state index in [4.69, 9.17) is 4.98 Å². The number of carbonyl (C=O) groups excluding carboxylic acids is 1. The van der Waals surface area contributed by atoms with Crippen LogP contribution in [0, 0.1) is 24.5 Å². The van der Waals surface area contributed by atoms with E-state index in [2.05, 4.69) is 32.7 Å². The molecule has 1 fully saturated rings. The summed E-state index contributed by atoms with van der Waals surface area (Å²) in [7, 11) is 3.85. The summed E-state index contributed by atoms with van der Waals surface area (Å²) < 4.78 is 27.2. The SMILES string of the molecule is Cc1ccc2c(NCc3ccc(NC(=O)C4CCN(Cc5ccc(F)cc5F)CC4)cc3)nc(N(C)C)nc2c1. The van der Waals surface area contributed by atoms with Gasteiger partial charge in [0.05, 0.1) is 5.52 Å². The van der Waals surface area contributed by atoms with E-state index in [9.17, 15) is 13.6 Å². The van der Waals surface area contributed by atoms with Gasteiger partial charge in [0.1, 0.15) is 17.5 Å². The van der Waals surface area contributed by atoms with Crippen molar-refractivity contribution in [2.45, 2.75) is 32.9 Å². The molecule has 4 aromatic rings. The largest absolute Gasteiger partial charge is 0.365 e. The molecule has 1 amide bonds. The van der Waals surface area contributed by atoms with Gasteiger partial charge in [-0.3, -0.25) is 9.69 Å². The van der Waals surface area contributed by atoms with Crippen LogP contribution in [0.15, 0.2) is 60.7 Å². The third kappa shape index (κ3) is 6.54. The zero-order chi connectivity index (χ0) is 28.2. The number of fused-ring (bicyclic) bond motifs is 1. The van der Waals surface area contributed by atoms with Gasteiger partial charge >= 0.3 is 0 Å². The van der Waals surface area contributed by atoms with Gasteiger partial charge in [-0.15, -0.1) is 0 Å². The Morgan fingerprint density at radius 1 is 1.00 bits per heavy atom. The van der Waals surface area contributed by atoms with Crippen molar-refractivity contribution in [3.8, 4) is 0 Å². The fraction of sp³-hybridized carbons (Fsp3) is 0.323. The molecule has 5 rings (SSSR count). The van der Waals surface area contributed by atoms with E-state index in [1.54, 1.807) is 0 Å². The fourth-order valence-corrected chi connectivity index (χ4v) is 4.94. The molecule has 0 aliphatic carbocycles. The molecule has 2 N–H and O–H groups in total. The summed E-state index contributed by atoms with van der Waals surface area (Å²) in [5.74, 6) is 0.214. The van der Waals surface area contributed by atoms with Crippen LogP contribution in [0.3, 0.4) is 0 Å². The maximum atomic E-state index is 14.0. The number of hydrogen-bond donors (Lipinski definition) is 2. The Morgan fingerprint density at radius 2 is 1.75 bits per heavy atom. The Labute approximate surface area is 233 Å². The van der Waals surface area contributed by atoms with Gasteiger partial charge in [-0.25, -0.2) is 13.8 Å². The second-order valence-corrected chi connectivity index (χ2v) is 10.6. The number of carbonyl (C=O) groups is 1. The molecule has 0 radical (unpaired) electrons. The number of piperidine rings is 1. The van der Waals surface area contributed by atoms with Gasteiger partial charge in [-0.2, -0.15) is 4.98 Å². The lowest BCUT2D eigenvalue weighted by Gasteiger charge is -2.31. The standard InChI is InChI=1S/C31H34F2N6O/c1-20-4-11-26-28(16-20)36-31(38(2)3)37-29(26)34-18-21-5-9-25(10-6-21)35-30(40)22-12-14-39(15-13-22)19-23-7-8-24(32)17-27(23)33/h4-11,16-17,22H,12-15,18-19H2,1-3H3,(H,35,40)(H,34,36,37). The molecule has 1 aromatic heterocycles. The summed E-state index contributed by atoms with van der Waals surface area (Å²) in [5, 5.41) is 7.45. The number of anilines is 3. The molecule has 0 spiro atoms. The number of nitrogens with zero attached hydrogens (tertiary/aromatic N) is 4. The first kappa shape index (κ1) is 27.5. The van der Waals surface area contributed by atoms with Gasteiger partial charge in [0, 0.05) is 55.8 Å². The van der Waals surface area contributed by atoms with Crippen molar-refractivity contribution in [3.05, 3.63) is 89.0 Å². The number of benzene rings is 3. The van der Waals surface area contributed by atoms with Crippen LogP contribution in [0.5, 0.6) is 0 Å². The predicted molar refractivity (Wildman–Crippen MR) is 155 cm³/mol. The number of aryl methyl sites for hydroxylation is 1. The highest BCUT2D eigenvalue weighted by molar-refractivity contribution is 5.92. The van der Waals surface area contributed by atoms with Gasteiger partial charge in [0.15, 0.2) is 0 Å². The van der Waals surface area contributed by atoms with Crippen LogP contribution >= 0.6 is 0 Å². The van der Waals surface area contributed by atoms with Gasteiger partial charge in [-0.05, 0) is 74.3 Å². The topological polar surface area (TPSA) is 73.4 Å². The van der Waals surface area contributed by atoms with Crippen LogP contribution in [-0.2, 0) is 17.9 Å². The first-order chi connectivity index (χ1) is 19.2. The lowest BCUT2D eigenvalue weighted by Crippen LogP contribution is -2.37. The quantitative estimate of drug-likeness (QED) is 0.295. The molecule has 208 valence electrons. The first-order valence-electron chi connectivity index (χ1n) is 13.5. The second-order valence-electron chi connectivity index (χ2n) is 10.6. The predicted octanol–water partition coefficient (Wildman–Crippen LogP) is 5.75. The number of rotatable bonds is 8. The molecule has 1 saturated heterocycles. The van der Waals surface area contributed by atoms with Crippen molar-refractivity contribution >= 4 is 34.3 Å². The number of hydrogen-bond acceptors (Lipinski definition) is 6. The van der Waals surface area contributed by atoms with Crippen molar-refractivity contribution in [3.63, 3.8) is 0 Å². The molecular formula is C31H34F2N6O. The number of likely N-dealkylation sites (tertiary alicyclic amines) is 1. The van der Waals surface area contributed by atoms with E-state index < -0.39 is 11.6 Å². The minimum atomic E-state index is -0.575. The zero-order valence-corrected chi connectivity index (χ0v) is 23.0. The van der Waals surface area contributed by atoms with Crippen LogP contribution < -0.4 is 15.5 Å². The van der Waals surface area contributed by atoms with Crippen LogP contribution in [0.1, 0.15) is 29.5 Å². The Morgan fingerprint density at radius 3 is 2.45 bits per heavy atom. The zero-order valence-electron chi connectivity index (χ0n) is 23.0. The summed E-state index contributed by atoms with van der Waals surface area (Å²) in [4.78, 5) is 26.2. The molecule has 0 saturated carbocycles.